The first kappa shape index (κ1) is 18.0. The molecule has 1 aliphatic heterocycles. The van der Waals surface area contributed by atoms with Crippen molar-refractivity contribution >= 4 is 33.8 Å². The van der Waals surface area contributed by atoms with Crippen LogP contribution in [0.15, 0.2) is 60.7 Å². The van der Waals surface area contributed by atoms with Crippen molar-refractivity contribution in [2.75, 3.05) is 31.5 Å². The molecule has 0 atom stereocenters. The fourth-order valence-corrected chi connectivity index (χ4v) is 3.32. The van der Waals surface area contributed by atoms with Crippen LogP contribution in [0.2, 0.25) is 0 Å². The summed E-state index contributed by atoms with van der Waals surface area (Å²) in [6.07, 6.45) is 0. The summed E-state index contributed by atoms with van der Waals surface area (Å²) >= 11 is 0.700. The summed E-state index contributed by atoms with van der Waals surface area (Å²) in [5.41, 5.74) is 1.24. The van der Waals surface area contributed by atoms with Crippen LogP contribution in [-0.4, -0.2) is 52.4 Å². The van der Waals surface area contributed by atoms with E-state index in [1.807, 2.05) is 36.4 Å². The lowest BCUT2D eigenvalue weighted by molar-refractivity contribution is 0.108. The van der Waals surface area contributed by atoms with Crippen molar-refractivity contribution in [2.45, 2.75) is 0 Å². The highest BCUT2D eigenvalue weighted by molar-refractivity contribution is 8.26. The minimum atomic E-state index is -0.276. The molecule has 134 valence electrons. The number of hydrogen-bond donors (Lipinski definition) is 1. The van der Waals surface area contributed by atoms with Gasteiger partial charge in [-0.05, 0) is 12.1 Å². The van der Waals surface area contributed by atoms with E-state index in [0.29, 0.717) is 43.5 Å². The molecule has 0 saturated carbocycles. The van der Waals surface area contributed by atoms with Crippen LogP contribution in [-0.2, 0) is 0 Å². The fourth-order valence-electron chi connectivity index (χ4n) is 2.59. The van der Waals surface area contributed by atoms with Crippen LogP contribution in [0.4, 0.5) is 15.3 Å². The van der Waals surface area contributed by atoms with Gasteiger partial charge in [0.2, 0.25) is 5.12 Å². The van der Waals surface area contributed by atoms with Crippen molar-refractivity contribution in [3.8, 4) is 0 Å². The van der Waals surface area contributed by atoms with Crippen molar-refractivity contribution in [1.82, 2.24) is 9.80 Å². The number of thioether (sulfide) groups is 1. The minimum absolute atomic E-state index is 0.184. The number of urea groups is 1. The summed E-state index contributed by atoms with van der Waals surface area (Å²) in [5, 5.41) is 2.29. The second kappa shape index (κ2) is 8.53. The SMILES string of the molecule is O=C(SC(=O)N1CCN(C(=O)Nc2ccccc2)CC1)c1ccccc1. The molecule has 0 aromatic heterocycles. The Morgan fingerprint density at radius 1 is 0.769 bits per heavy atom. The molecule has 2 aromatic carbocycles. The summed E-state index contributed by atoms with van der Waals surface area (Å²) in [7, 11) is 0. The van der Waals surface area contributed by atoms with Crippen LogP contribution in [0, 0.1) is 0 Å². The predicted molar refractivity (Wildman–Crippen MR) is 102 cm³/mol. The van der Waals surface area contributed by atoms with E-state index in [1.54, 1.807) is 34.1 Å². The lowest BCUT2D eigenvalue weighted by Crippen LogP contribution is -2.51. The van der Waals surface area contributed by atoms with E-state index >= 15 is 0 Å². The van der Waals surface area contributed by atoms with Crippen molar-refractivity contribution in [3.05, 3.63) is 66.2 Å². The van der Waals surface area contributed by atoms with Crippen molar-refractivity contribution in [2.24, 2.45) is 0 Å². The Morgan fingerprint density at radius 3 is 1.92 bits per heavy atom. The molecule has 0 aliphatic carbocycles. The topological polar surface area (TPSA) is 69.7 Å². The average molecular weight is 369 g/mol. The first-order chi connectivity index (χ1) is 12.6. The quantitative estimate of drug-likeness (QED) is 0.879. The van der Waals surface area contributed by atoms with Gasteiger partial charge in [-0.15, -0.1) is 0 Å². The van der Waals surface area contributed by atoms with Crippen molar-refractivity contribution in [1.29, 1.82) is 0 Å². The molecule has 3 amide bonds. The number of anilines is 1. The molecular formula is C19H19N3O3S. The zero-order valence-electron chi connectivity index (χ0n) is 14.1. The number of carbonyl (C=O) groups excluding carboxylic acids is 3. The van der Waals surface area contributed by atoms with E-state index in [4.69, 9.17) is 0 Å². The number of nitrogens with zero attached hydrogens (tertiary/aromatic N) is 2. The van der Waals surface area contributed by atoms with Gasteiger partial charge in [-0.2, -0.15) is 0 Å². The van der Waals surface area contributed by atoms with E-state index in [-0.39, 0.29) is 16.4 Å². The molecule has 0 bridgehead atoms. The number of rotatable bonds is 2. The van der Waals surface area contributed by atoms with Crippen LogP contribution >= 0.6 is 11.8 Å². The summed E-state index contributed by atoms with van der Waals surface area (Å²) in [5.74, 6) is 0. The highest BCUT2D eigenvalue weighted by Crippen LogP contribution is 2.18. The van der Waals surface area contributed by atoms with Gasteiger partial charge >= 0.3 is 6.03 Å². The van der Waals surface area contributed by atoms with Crippen LogP contribution in [0.5, 0.6) is 0 Å². The van der Waals surface area contributed by atoms with Crippen LogP contribution in [0.25, 0.3) is 0 Å². The number of nitrogens with one attached hydrogen (secondary N) is 1. The van der Waals surface area contributed by atoms with Gasteiger partial charge in [0, 0.05) is 49.2 Å². The van der Waals surface area contributed by atoms with Crippen molar-refractivity contribution < 1.29 is 14.4 Å². The molecule has 1 fully saturated rings. The molecule has 26 heavy (non-hydrogen) atoms. The normalized spacial score (nSPS) is 14.0. The summed E-state index contributed by atoms with van der Waals surface area (Å²) < 4.78 is 0. The first-order valence-electron chi connectivity index (χ1n) is 8.30. The third-order valence-corrected chi connectivity index (χ3v) is 4.89. The monoisotopic (exact) mass is 369 g/mol. The molecule has 1 saturated heterocycles. The van der Waals surface area contributed by atoms with E-state index in [2.05, 4.69) is 5.32 Å². The molecule has 6 nitrogen and oxygen atoms in total. The molecule has 2 aromatic rings. The number of piperazine rings is 1. The Hall–Kier alpha value is -2.80. The highest BCUT2D eigenvalue weighted by atomic mass is 32.2. The maximum atomic E-state index is 12.3. The summed E-state index contributed by atoms with van der Waals surface area (Å²) in [4.78, 5) is 39.9. The standard InChI is InChI=1S/C19H19N3O3S/c23-17(15-7-3-1-4-8-15)26-19(25)22-13-11-21(12-14-22)18(24)20-16-9-5-2-6-10-16/h1-10H,11-14H2,(H,20,24). The Labute approximate surface area is 156 Å². The summed E-state index contributed by atoms with van der Waals surface area (Å²) in [6, 6.07) is 17.8. The second-order valence-corrected chi connectivity index (χ2v) is 6.72. The predicted octanol–water partition coefficient (Wildman–Crippen LogP) is 3.53. The minimum Gasteiger partial charge on any atom is -0.330 e. The Bertz CT molecular complexity index is 775. The van der Waals surface area contributed by atoms with E-state index < -0.39 is 0 Å². The third kappa shape index (κ3) is 4.64. The highest BCUT2D eigenvalue weighted by Gasteiger charge is 2.26. The maximum Gasteiger partial charge on any atom is 0.321 e. The lowest BCUT2D eigenvalue weighted by atomic mass is 10.2. The van der Waals surface area contributed by atoms with E-state index in [9.17, 15) is 14.4 Å². The van der Waals surface area contributed by atoms with Gasteiger partial charge in [0.15, 0.2) is 0 Å². The van der Waals surface area contributed by atoms with Gasteiger partial charge in [-0.25, -0.2) is 4.79 Å². The number of para-hydroxylation sites is 1. The molecule has 1 N–H and O–H groups in total. The van der Waals surface area contributed by atoms with Gasteiger partial charge in [-0.1, -0.05) is 48.5 Å². The number of hydrogen-bond acceptors (Lipinski definition) is 4. The molecule has 0 radical (unpaired) electrons. The molecule has 0 spiro atoms. The maximum absolute atomic E-state index is 12.3. The van der Waals surface area contributed by atoms with Crippen LogP contribution in [0.3, 0.4) is 0 Å². The zero-order chi connectivity index (χ0) is 18.4. The fraction of sp³-hybridized carbons (Fsp3) is 0.211. The summed E-state index contributed by atoms with van der Waals surface area (Å²) in [6.45, 7) is 1.70. The van der Waals surface area contributed by atoms with Gasteiger partial charge in [0.05, 0.1) is 0 Å². The Morgan fingerprint density at radius 2 is 1.31 bits per heavy atom. The van der Waals surface area contributed by atoms with Gasteiger partial charge < -0.3 is 15.1 Å². The zero-order valence-corrected chi connectivity index (χ0v) is 14.9. The van der Waals surface area contributed by atoms with Gasteiger partial charge in [0.1, 0.15) is 0 Å². The molecule has 1 heterocycles. The third-order valence-electron chi connectivity index (χ3n) is 4.04. The Kier molecular flexibility index (Phi) is 5.91. The number of carbonyl (C=O) groups is 3. The molecule has 1 aliphatic rings. The van der Waals surface area contributed by atoms with Gasteiger partial charge in [0.25, 0.3) is 5.24 Å². The lowest BCUT2D eigenvalue weighted by Gasteiger charge is -2.34. The van der Waals surface area contributed by atoms with Crippen molar-refractivity contribution in [3.63, 3.8) is 0 Å². The molecule has 0 unspecified atom stereocenters. The Balaban J connectivity index is 1.48. The molecule has 3 rings (SSSR count). The molecular weight excluding hydrogens is 350 g/mol. The largest absolute Gasteiger partial charge is 0.330 e. The second-order valence-electron chi connectivity index (χ2n) is 5.79. The first-order valence-corrected chi connectivity index (χ1v) is 9.12. The number of benzene rings is 2. The van der Waals surface area contributed by atoms with Crippen LogP contribution in [0.1, 0.15) is 10.4 Å². The number of amides is 3. The molecule has 7 heteroatoms. The smallest absolute Gasteiger partial charge is 0.321 e. The van der Waals surface area contributed by atoms with Gasteiger partial charge in [-0.3, -0.25) is 9.59 Å². The van der Waals surface area contributed by atoms with E-state index in [1.165, 1.54) is 0 Å². The van der Waals surface area contributed by atoms with E-state index in [0.717, 1.165) is 5.69 Å². The average Bonchev–Trinajstić information content (AvgIpc) is 2.69. The van der Waals surface area contributed by atoms with Crippen LogP contribution < -0.4 is 5.32 Å².